The standard InChI is InChI=1S/C15H23ClFN/c1-10(2)18-9-12(4)11(3)7-13-5-6-14(16)15(17)8-13/h5-6,8,10-12,18H,7,9H2,1-4H3. The van der Waals surface area contributed by atoms with Gasteiger partial charge < -0.3 is 5.32 Å². The topological polar surface area (TPSA) is 12.0 Å². The van der Waals surface area contributed by atoms with E-state index >= 15 is 0 Å². The first-order valence-electron chi connectivity index (χ1n) is 6.57. The third-order valence-electron chi connectivity index (χ3n) is 3.36. The van der Waals surface area contributed by atoms with Crippen molar-refractivity contribution in [3.63, 3.8) is 0 Å². The lowest BCUT2D eigenvalue weighted by atomic mass is 9.89. The van der Waals surface area contributed by atoms with E-state index in [0.717, 1.165) is 18.5 Å². The Morgan fingerprint density at radius 3 is 2.39 bits per heavy atom. The van der Waals surface area contributed by atoms with E-state index in [0.29, 0.717) is 17.9 Å². The Morgan fingerprint density at radius 2 is 1.83 bits per heavy atom. The van der Waals surface area contributed by atoms with Crippen molar-refractivity contribution in [2.24, 2.45) is 11.8 Å². The first-order chi connectivity index (χ1) is 8.40. The molecule has 0 saturated heterocycles. The van der Waals surface area contributed by atoms with Gasteiger partial charge in [0.1, 0.15) is 5.82 Å². The van der Waals surface area contributed by atoms with E-state index in [1.807, 2.05) is 6.07 Å². The maximum atomic E-state index is 13.3. The lowest BCUT2D eigenvalue weighted by molar-refractivity contribution is 0.354. The average Bonchev–Trinajstić information content (AvgIpc) is 2.30. The van der Waals surface area contributed by atoms with Crippen LogP contribution < -0.4 is 5.32 Å². The molecule has 0 radical (unpaired) electrons. The Labute approximate surface area is 115 Å². The molecule has 0 aliphatic carbocycles. The summed E-state index contributed by atoms with van der Waals surface area (Å²) < 4.78 is 13.3. The van der Waals surface area contributed by atoms with Gasteiger partial charge >= 0.3 is 0 Å². The minimum atomic E-state index is -0.325. The van der Waals surface area contributed by atoms with Crippen LogP contribution >= 0.6 is 11.6 Å². The molecule has 0 aliphatic heterocycles. The van der Waals surface area contributed by atoms with Crippen LogP contribution in [-0.4, -0.2) is 12.6 Å². The predicted octanol–water partition coefficient (Wildman–Crippen LogP) is 4.29. The average molecular weight is 272 g/mol. The fourth-order valence-corrected chi connectivity index (χ4v) is 1.98. The summed E-state index contributed by atoms with van der Waals surface area (Å²) in [6, 6.07) is 5.59. The van der Waals surface area contributed by atoms with Gasteiger partial charge in [-0.2, -0.15) is 0 Å². The van der Waals surface area contributed by atoms with E-state index in [9.17, 15) is 4.39 Å². The lowest BCUT2D eigenvalue weighted by Gasteiger charge is -2.21. The van der Waals surface area contributed by atoms with E-state index < -0.39 is 0 Å². The minimum absolute atomic E-state index is 0.195. The first-order valence-corrected chi connectivity index (χ1v) is 6.95. The van der Waals surface area contributed by atoms with Crippen LogP contribution in [0.5, 0.6) is 0 Å². The highest BCUT2D eigenvalue weighted by molar-refractivity contribution is 6.30. The molecule has 0 amide bonds. The molecule has 0 spiro atoms. The van der Waals surface area contributed by atoms with Gasteiger partial charge in [0.25, 0.3) is 0 Å². The largest absolute Gasteiger partial charge is 0.314 e. The molecule has 1 rings (SSSR count). The van der Waals surface area contributed by atoms with Crippen molar-refractivity contribution < 1.29 is 4.39 Å². The highest BCUT2D eigenvalue weighted by Gasteiger charge is 2.14. The summed E-state index contributed by atoms with van der Waals surface area (Å²) in [6.45, 7) is 9.72. The van der Waals surface area contributed by atoms with Gasteiger partial charge in [-0.3, -0.25) is 0 Å². The number of benzene rings is 1. The molecule has 1 aromatic carbocycles. The van der Waals surface area contributed by atoms with Gasteiger partial charge in [-0.15, -0.1) is 0 Å². The predicted molar refractivity (Wildman–Crippen MR) is 76.6 cm³/mol. The molecule has 2 atom stereocenters. The van der Waals surface area contributed by atoms with Crippen molar-refractivity contribution in [2.75, 3.05) is 6.54 Å². The van der Waals surface area contributed by atoms with Crippen molar-refractivity contribution in [2.45, 2.75) is 40.2 Å². The zero-order valence-corrected chi connectivity index (χ0v) is 12.4. The number of nitrogens with one attached hydrogen (secondary N) is 1. The van der Waals surface area contributed by atoms with Crippen LogP contribution in [-0.2, 0) is 6.42 Å². The van der Waals surface area contributed by atoms with Gasteiger partial charge in [-0.05, 0) is 42.5 Å². The molecule has 0 aliphatic rings. The molecule has 18 heavy (non-hydrogen) atoms. The smallest absolute Gasteiger partial charge is 0.142 e. The van der Waals surface area contributed by atoms with Crippen molar-refractivity contribution in [1.82, 2.24) is 5.32 Å². The number of hydrogen-bond donors (Lipinski definition) is 1. The zero-order valence-electron chi connectivity index (χ0n) is 11.6. The van der Waals surface area contributed by atoms with Crippen LogP contribution in [0.15, 0.2) is 18.2 Å². The normalized spacial score (nSPS) is 14.8. The van der Waals surface area contributed by atoms with Crippen LogP contribution in [0.1, 0.15) is 33.3 Å². The number of hydrogen-bond acceptors (Lipinski definition) is 1. The molecule has 1 nitrogen and oxygen atoms in total. The summed E-state index contributed by atoms with van der Waals surface area (Å²) in [5.74, 6) is 0.747. The van der Waals surface area contributed by atoms with E-state index in [4.69, 9.17) is 11.6 Å². The fraction of sp³-hybridized carbons (Fsp3) is 0.600. The minimum Gasteiger partial charge on any atom is -0.314 e. The van der Waals surface area contributed by atoms with Crippen molar-refractivity contribution in [3.8, 4) is 0 Å². The molecule has 3 heteroatoms. The van der Waals surface area contributed by atoms with E-state index in [-0.39, 0.29) is 10.8 Å². The third kappa shape index (κ3) is 4.95. The SMILES string of the molecule is CC(C)NCC(C)C(C)Cc1ccc(Cl)c(F)c1. The maximum Gasteiger partial charge on any atom is 0.142 e. The molecule has 0 bridgehead atoms. The Balaban J connectivity index is 2.52. The Bertz CT molecular complexity index is 379. The Hall–Kier alpha value is -0.600. The van der Waals surface area contributed by atoms with E-state index in [1.54, 1.807) is 12.1 Å². The second-order valence-corrected chi connectivity index (χ2v) is 5.88. The number of rotatable bonds is 6. The van der Waals surface area contributed by atoms with Crippen LogP contribution in [0.2, 0.25) is 5.02 Å². The van der Waals surface area contributed by atoms with Gasteiger partial charge in [-0.25, -0.2) is 4.39 Å². The molecule has 1 aromatic rings. The molecule has 1 N–H and O–H groups in total. The summed E-state index contributed by atoms with van der Waals surface area (Å²) in [5, 5.41) is 3.63. The monoisotopic (exact) mass is 271 g/mol. The summed E-state index contributed by atoms with van der Waals surface area (Å²) in [4.78, 5) is 0. The Morgan fingerprint density at radius 1 is 1.17 bits per heavy atom. The molecule has 102 valence electrons. The molecule has 0 heterocycles. The first kappa shape index (κ1) is 15.5. The summed E-state index contributed by atoms with van der Waals surface area (Å²) in [7, 11) is 0. The summed E-state index contributed by atoms with van der Waals surface area (Å²) in [5.41, 5.74) is 1.01. The molecule has 0 fully saturated rings. The Kier molecular flexibility index (Phi) is 6.10. The second kappa shape index (κ2) is 7.10. The van der Waals surface area contributed by atoms with Gasteiger partial charge in [-0.1, -0.05) is 45.4 Å². The van der Waals surface area contributed by atoms with Crippen molar-refractivity contribution in [1.29, 1.82) is 0 Å². The van der Waals surface area contributed by atoms with Gasteiger partial charge in [0, 0.05) is 6.04 Å². The maximum absolute atomic E-state index is 13.3. The summed E-state index contributed by atoms with van der Waals surface area (Å²) >= 11 is 5.68. The van der Waals surface area contributed by atoms with E-state index in [2.05, 4.69) is 33.0 Å². The van der Waals surface area contributed by atoms with Crippen molar-refractivity contribution in [3.05, 3.63) is 34.6 Å². The molecular formula is C15H23ClFN. The lowest BCUT2D eigenvalue weighted by Crippen LogP contribution is -2.31. The fourth-order valence-electron chi connectivity index (χ4n) is 1.86. The van der Waals surface area contributed by atoms with Crippen LogP contribution in [0, 0.1) is 17.7 Å². The van der Waals surface area contributed by atoms with Gasteiger partial charge in [0.15, 0.2) is 0 Å². The quantitative estimate of drug-likeness (QED) is 0.814. The highest BCUT2D eigenvalue weighted by Crippen LogP contribution is 2.20. The molecule has 2 unspecified atom stereocenters. The molecule has 0 aromatic heterocycles. The third-order valence-corrected chi connectivity index (χ3v) is 3.67. The molecule has 0 saturated carbocycles. The van der Waals surface area contributed by atoms with Crippen LogP contribution in [0.4, 0.5) is 4.39 Å². The van der Waals surface area contributed by atoms with Gasteiger partial charge in [0.05, 0.1) is 5.02 Å². The van der Waals surface area contributed by atoms with Gasteiger partial charge in [0.2, 0.25) is 0 Å². The molecular weight excluding hydrogens is 249 g/mol. The second-order valence-electron chi connectivity index (χ2n) is 5.47. The highest BCUT2D eigenvalue weighted by atomic mass is 35.5. The zero-order chi connectivity index (χ0) is 13.7. The summed E-state index contributed by atoms with van der Waals surface area (Å²) in [6.07, 6.45) is 0.884. The number of halogens is 2. The van der Waals surface area contributed by atoms with Crippen molar-refractivity contribution >= 4 is 11.6 Å². The van der Waals surface area contributed by atoms with Crippen LogP contribution in [0.25, 0.3) is 0 Å². The van der Waals surface area contributed by atoms with Crippen LogP contribution in [0.3, 0.4) is 0 Å². The van der Waals surface area contributed by atoms with E-state index in [1.165, 1.54) is 0 Å².